The number of ether oxygens (including phenoxy) is 1. The minimum Gasteiger partial charge on any atom is -0.378 e. The van der Waals surface area contributed by atoms with Crippen molar-refractivity contribution >= 4 is 17.4 Å². The lowest BCUT2D eigenvalue weighted by Crippen LogP contribution is -2.36. The molecule has 3 aromatic rings. The van der Waals surface area contributed by atoms with Crippen LogP contribution in [-0.4, -0.2) is 51.7 Å². The van der Waals surface area contributed by atoms with Crippen LogP contribution in [0.4, 0.5) is 11.5 Å². The van der Waals surface area contributed by atoms with Crippen molar-refractivity contribution in [1.82, 2.24) is 19.5 Å². The average Bonchev–Trinajstić information content (AvgIpc) is 3.21. The van der Waals surface area contributed by atoms with Gasteiger partial charge in [-0.2, -0.15) is 0 Å². The first-order valence-corrected chi connectivity index (χ1v) is 8.76. The molecule has 138 valence electrons. The second kappa shape index (κ2) is 7.55. The van der Waals surface area contributed by atoms with Gasteiger partial charge in [-0.05, 0) is 19.1 Å². The van der Waals surface area contributed by atoms with Gasteiger partial charge in [-0.25, -0.2) is 15.0 Å². The van der Waals surface area contributed by atoms with E-state index in [2.05, 4.69) is 25.2 Å². The molecule has 0 atom stereocenters. The van der Waals surface area contributed by atoms with Crippen molar-refractivity contribution in [1.29, 1.82) is 0 Å². The topological polar surface area (TPSA) is 85.2 Å². The predicted octanol–water partition coefficient (Wildman–Crippen LogP) is 2.06. The van der Waals surface area contributed by atoms with Crippen molar-refractivity contribution in [3.8, 4) is 5.82 Å². The van der Waals surface area contributed by atoms with Crippen LogP contribution in [0.2, 0.25) is 0 Å². The zero-order valence-electron chi connectivity index (χ0n) is 15.0. The number of nitrogens with zero attached hydrogens (tertiary/aromatic N) is 5. The molecule has 1 aromatic carbocycles. The van der Waals surface area contributed by atoms with E-state index < -0.39 is 0 Å². The van der Waals surface area contributed by atoms with Gasteiger partial charge in [-0.15, -0.1) is 0 Å². The standard InChI is InChI=1S/C19H20N6O2/c1-14-2-4-15(5-3-14)23-19(26)16-11-25(13-22-16)18-10-17(20-12-21-18)24-6-8-27-9-7-24/h2-5,10-13H,6-9H2,1H3,(H,23,26). The summed E-state index contributed by atoms with van der Waals surface area (Å²) in [4.78, 5) is 27.4. The number of aromatic nitrogens is 4. The Morgan fingerprint density at radius 1 is 1.07 bits per heavy atom. The van der Waals surface area contributed by atoms with E-state index >= 15 is 0 Å². The van der Waals surface area contributed by atoms with Gasteiger partial charge in [0, 0.05) is 31.0 Å². The van der Waals surface area contributed by atoms with E-state index in [1.807, 2.05) is 37.3 Å². The second-order valence-electron chi connectivity index (χ2n) is 6.32. The molecule has 1 aliphatic rings. The molecule has 8 nitrogen and oxygen atoms in total. The van der Waals surface area contributed by atoms with Crippen LogP contribution in [-0.2, 0) is 4.74 Å². The van der Waals surface area contributed by atoms with E-state index in [1.54, 1.807) is 17.1 Å². The molecular formula is C19H20N6O2. The van der Waals surface area contributed by atoms with Crippen LogP contribution < -0.4 is 10.2 Å². The molecule has 0 radical (unpaired) electrons. The zero-order chi connectivity index (χ0) is 18.6. The van der Waals surface area contributed by atoms with Crippen molar-refractivity contribution in [2.24, 2.45) is 0 Å². The van der Waals surface area contributed by atoms with Crippen LogP contribution in [0.3, 0.4) is 0 Å². The molecule has 0 aliphatic carbocycles. The summed E-state index contributed by atoms with van der Waals surface area (Å²) >= 11 is 0. The minimum absolute atomic E-state index is 0.264. The Morgan fingerprint density at radius 2 is 1.81 bits per heavy atom. The van der Waals surface area contributed by atoms with E-state index in [-0.39, 0.29) is 5.91 Å². The molecule has 0 unspecified atom stereocenters. The fraction of sp³-hybridized carbons (Fsp3) is 0.263. The van der Waals surface area contributed by atoms with Gasteiger partial charge in [0.25, 0.3) is 5.91 Å². The van der Waals surface area contributed by atoms with Crippen LogP contribution in [0.15, 0.2) is 49.2 Å². The monoisotopic (exact) mass is 364 g/mol. The van der Waals surface area contributed by atoms with Crippen molar-refractivity contribution < 1.29 is 9.53 Å². The van der Waals surface area contributed by atoms with Crippen LogP contribution in [0.5, 0.6) is 0 Å². The number of carbonyl (C=O) groups is 1. The van der Waals surface area contributed by atoms with Crippen molar-refractivity contribution in [3.05, 3.63) is 60.4 Å². The molecular weight excluding hydrogens is 344 g/mol. The molecule has 3 heterocycles. The van der Waals surface area contributed by atoms with E-state index in [0.29, 0.717) is 24.7 Å². The second-order valence-corrected chi connectivity index (χ2v) is 6.32. The van der Waals surface area contributed by atoms with Gasteiger partial charge in [0.15, 0.2) is 0 Å². The SMILES string of the molecule is Cc1ccc(NC(=O)c2cn(-c3cc(N4CCOCC4)ncn3)cn2)cc1. The molecule has 1 aliphatic heterocycles. The average molecular weight is 364 g/mol. The lowest BCUT2D eigenvalue weighted by Gasteiger charge is -2.27. The number of aryl methyl sites for hydroxylation is 1. The summed E-state index contributed by atoms with van der Waals surface area (Å²) in [7, 11) is 0. The molecule has 4 rings (SSSR count). The lowest BCUT2D eigenvalue weighted by molar-refractivity contribution is 0.102. The quantitative estimate of drug-likeness (QED) is 0.763. The number of amides is 1. The number of hydrogen-bond donors (Lipinski definition) is 1. The number of hydrogen-bond acceptors (Lipinski definition) is 6. The fourth-order valence-electron chi connectivity index (χ4n) is 2.84. The van der Waals surface area contributed by atoms with Crippen LogP contribution in [0.1, 0.15) is 16.1 Å². The maximum absolute atomic E-state index is 12.4. The number of benzene rings is 1. The Labute approximate surface area is 156 Å². The highest BCUT2D eigenvalue weighted by molar-refractivity contribution is 6.02. The van der Waals surface area contributed by atoms with Gasteiger partial charge in [0.1, 0.15) is 30.0 Å². The number of rotatable bonds is 4. The first-order valence-electron chi connectivity index (χ1n) is 8.76. The maximum Gasteiger partial charge on any atom is 0.275 e. The van der Waals surface area contributed by atoms with Crippen LogP contribution in [0, 0.1) is 6.92 Å². The number of carbonyl (C=O) groups excluding carboxylic acids is 1. The molecule has 0 spiro atoms. The van der Waals surface area contributed by atoms with E-state index in [0.717, 1.165) is 30.2 Å². The third-order valence-corrected chi connectivity index (χ3v) is 4.36. The van der Waals surface area contributed by atoms with E-state index in [4.69, 9.17) is 4.74 Å². The summed E-state index contributed by atoms with van der Waals surface area (Å²) in [6.07, 6.45) is 4.76. The summed E-state index contributed by atoms with van der Waals surface area (Å²) in [5, 5.41) is 2.84. The zero-order valence-corrected chi connectivity index (χ0v) is 15.0. The lowest BCUT2D eigenvalue weighted by atomic mass is 10.2. The predicted molar refractivity (Wildman–Crippen MR) is 101 cm³/mol. The normalized spacial score (nSPS) is 14.2. The molecule has 1 N–H and O–H groups in total. The minimum atomic E-state index is -0.264. The summed E-state index contributed by atoms with van der Waals surface area (Å²) in [5.41, 5.74) is 2.19. The number of nitrogens with one attached hydrogen (secondary N) is 1. The van der Waals surface area contributed by atoms with Gasteiger partial charge < -0.3 is 15.0 Å². The Morgan fingerprint density at radius 3 is 2.59 bits per heavy atom. The first-order chi connectivity index (χ1) is 13.2. The highest BCUT2D eigenvalue weighted by Crippen LogP contribution is 2.16. The van der Waals surface area contributed by atoms with Gasteiger partial charge in [0.05, 0.1) is 13.2 Å². The number of anilines is 2. The van der Waals surface area contributed by atoms with Gasteiger partial charge in [-0.3, -0.25) is 9.36 Å². The fourth-order valence-corrected chi connectivity index (χ4v) is 2.84. The summed E-state index contributed by atoms with van der Waals surface area (Å²) < 4.78 is 7.09. The van der Waals surface area contributed by atoms with Crippen LogP contribution >= 0.6 is 0 Å². The maximum atomic E-state index is 12.4. The largest absolute Gasteiger partial charge is 0.378 e. The summed E-state index contributed by atoms with van der Waals surface area (Å²) in [6.45, 7) is 4.97. The summed E-state index contributed by atoms with van der Waals surface area (Å²) in [6, 6.07) is 9.51. The highest BCUT2D eigenvalue weighted by atomic mass is 16.5. The van der Waals surface area contributed by atoms with Crippen LogP contribution in [0.25, 0.3) is 5.82 Å². The summed E-state index contributed by atoms with van der Waals surface area (Å²) in [5.74, 6) is 1.23. The Balaban J connectivity index is 1.50. The Kier molecular flexibility index (Phi) is 4.80. The molecule has 1 amide bonds. The molecule has 0 bridgehead atoms. The molecule has 27 heavy (non-hydrogen) atoms. The van der Waals surface area contributed by atoms with Gasteiger partial charge in [-0.1, -0.05) is 17.7 Å². The molecule has 1 saturated heterocycles. The van der Waals surface area contributed by atoms with Crippen molar-refractivity contribution in [2.45, 2.75) is 6.92 Å². The number of imidazole rings is 1. The van der Waals surface area contributed by atoms with Crippen molar-refractivity contribution in [2.75, 3.05) is 36.5 Å². The van der Waals surface area contributed by atoms with Gasteiger partial charge in [0.2, 0.25) is 0 Å². The number of morpholine rings is 1. The molecule has 8 heteroatoms. The molecule has 2 aromatic heterocycles. The Hall–Kier alpha value is -3.26. The Bertz CT molecular complexity index is 931. The highest BCUT2D eigenvalue weighted by Gasteiger charge is 2.15. The smallest absolute Gasteiger partial charge is 0.275 e. The third-order valence-electron chi connectivity index (χ3n) is 4.36. The van der Waals surface area contributed by atoms with Crippen molar-refractivity contribution in [3.63, 3.8) is 0 Å². The third kappa shape index (κ3) is 3.95. The van der Waals surface area contributed by atoms with E-state index in [1.165, 1.54) is 6.33 Å². The first kappa shape index (κ1) is 17.2. The van der Waals surface area contributed by atoms with E-state index in [9.17, 15) is 4.79 Å². The molecule has 0 saturated carbocycles. The molecule has 1 fully saturated rings. The van der Waals surface area contributed by atoms with Gasteiger partial charge >= 0.3 is 0 Å².